The molecule has 0 amide bonds. The third kappa shape index (κ3) is 5.18. The quantitative estimate of drug-likeness (QED) is 0.521. The van der Waals surface area contributed by atoms with Gasteiger partial charge in [-0.25, -0.2) is 4.79 Å². The fourth-order valence-corrected chi connectivity index (χ4v) is 4.19. The zero-order valence-corrected chi connectivity index (χ0v) is 18.4. The van der Waals surface area contributed by atoms with E-state index < -0.39 is 17.9 Å². The molecule has 0 aliphatic heterocycles. The molecule has 0 spiro atoms. The Morgan fingerprint density at radius 2 is 1.69 bits per heavy atom. The number of halogens is 1. The van der Waals surface area contributed by atoms with Crippen molar-refractivity contribution in [3.63, 3.8) is 0 Å². The normalized spacial score (nSPS) is 14.3. The SMILES string of the molecule is CCC(C)c1cc(C)cc(Cl)c1C(CC(C)C(=O)O)c1cc(C(=O)O)ccc1C. The predicted octanol–water partition coefficient (Wildman–Crippen LogP) is 6.41. The van der Waals surface area contributed by atoms with Crippen LogP contribution in [0.3, 0.4) is 0 Å². The van der Waals surface area contributed by atoms with Crippen molar-refractivity contribution in [2.75, 3.05) is 0 Å². The first kappa shape index (κ1) is 23.0. The molecule has 2 N–H and O–H groups in total. The summed E-state index contributed by atoms with van der Waals surface area (Å²) in [7, 11) is 0. The molecule has 0 aromatic heterocycles. The molecule has 4 nitrogen and oxygen atoms in total. The fourth-order valence-electron chi connectivity index (χ4n) is 3.78. The number of benzene rings is 2. The van der Waals surface area contributed by atoms with Gasteiger partial charge in [-0.2, -0.15) is 0 Å². The average molecular weight is 417 g/mol. The van der Waals surface area contributed by atoms with E-state index in [1.165, 1.54) is 0 Å². The molecule has 0 fully saturated rings. The van der Waals surface area contributed by atoms with Crippen LogP contribution >= 0.6 is 11.6 Å². The Morgan fingerprint density at radius 3 is 2.24 bits per heavy atom. The molecule has 3 unspecified atom stereocenters. The van der Waals surface area contributed by atoms with Crippen LogP contribution in [0, 0.1) is 19.8 Å². The lowest BCUT2D eigenvalue weighted by molar-refractivity contribution is -0.141. The van der Waals surface area contributed by atoms with Gasteiger partial charge in [-0.3, -0.25) is 4.79 Å². The molecule has 0 heterocycles. The van der Waals surface area contributed by atoms with Crippen LogP contribution in [0.15, 0.2) is 30.3 Å². The van der Waals surface area contributed by atoms with E-state index >= 15 is 0 Å². The van der Waals surface area contributed by atoms with E-state index in [-0.39, 0.29) is 17.4 Å². The second kappa shape index (κ2) is 9.45. The average Bonchev–Trinajstić information content (AvgIpc) is 2.65. The van der Waals surface area contributed by atoms with Crippen LogP contribution in [0.25, 0.3) is 0 Å². The summed E-state index contributed by atoms with van der Waals surface area (Å²) in [6.07, 6.45) is 1.26. The maximum absolute atomic E-state index is 11.6. The molecule has 0 bridgehead atoms. The Hall–Kier alpha value is -2.33. The molecule has 29 heavy (non-hydrogen) atoms. The van der Waals surface area contributed by atoms with Gasteiger partial charge in [0.2, 0.25) is 0 Å². The molecule has 0 saturated carbocycles. The lowest BCUT2D eigenvalue weighted by Gasteiger charge is -2.28. The monoisotopic (exact) mass is 416 g/mol. The smallest absolute Gasteiger partial charge is 0.335 e. The Labute approximate surface area is 177 Å². The number of rotatable bonds is 8. The highest BCUT2D eigenvalue weighted by Gasteiger charge is 2.28. The molecule has 0 radical (unpaired) electrons. The molecule has 0 saturated heterocycles. The Kier molecular flexibility index (Phi) is 7.48. The lowest BCUT2D eigenvalue weighted by atomic mass is 9.77. The summed E-state index contributed by atoms with van der Waals surface area (Å²) in [6.45, 7) is 9.83. The molecule has 156 valence electrons. The van der Waals surface area contributed by atoms with Gasteiger partial charge in [0, 0.05) is 10.9 Å². The highest BCUT2D eigenvalue weighted by atomic mass is 35.5. The van der Waals surface area contributed by atoms with Crippen molar-refractivity contribution in [1.82, 2.24) is 0 Å². The Morgan fingerprint density at radius 1 is 1.03 bits per heavy atom. The van der Waals surface area contributed by atoms with Gasteiger partial charge in [0.1, 0.15) is 0 Å². The van der Waals surface area contributed by atoms with Crippen LogP contribution in [0.4, 0.5) is 0 Å². The van der Waals surface area contributed by atoms with E-state index in [2.05, 4.69) is 19.9 Å². The Bertz CT molecular complexity index is 919. The first-order valence-electron chi connectivity index (χ1n) is 9.93. The number of hydrogen-bond donors (Lipinski definition) is 2. The van der Waals surface area contributed by atoms with Gasteiger partial charge in [-0.15, -0.1) is 0 Å². The second-order valence-electron chi connectivity index (χ2n) is 7.96. The molecule has 0 aliphatic carbocycles. The van der Waals surface area contributed by atoms with Crippen molar-refractivity contribution >= 4 is 23.5 Å². The van der Waals surface area contributed by atoms with Crippen LogP contribution in [0.2, 0.25) is 5.02 Å². The van der Waals surface area contributed by atoms with Crippen LogP contribution in [-0.4, -0.2) is 22.2 Å². The van der Waals surface area contributed by atoms with Crippen LogP contribution < -0.4 is 0 Å². The van der Waals surface area contributed by atoms with Gasteiger partial charge in [-0.1, -0.05) is 44.5 Å². The zero-order chi connectivity index (χ0) is 21.9. The maximum Gasteiger partial charge on any atom is 0.335 e. The summed E-state index contributed by atoms with van der Waals surface area (Å²) < 4.78 is 0. The van der Waals surface area contributed by atoms with Crippen molar-refractivity contribution < 1.29 is 19.8 Å². The summed E-state index contributed by atoms with van der Waals surface area (Å²) >= 11 is 6.73. The third-order valence-corrected chi connectivity index (χ3v) is 6.02. The lowest BCUT2D eigenvalue weighted by Crippen LogP contribution is -2.18. The molecular weight excluding hydrogens is 388 g/mol. The number of carboxylic acid groups (broad SMARTS) is 2. The van der Waals surface area contributed by atoms with Crippen LogP contribution in [0.5, 0.6) is 0 Å². The van der Waals surface area contributed by atoms with Gasteiger partial charge in [0.05, 0.1) is 11.5 Å². The minimum absolute atomic E-state index is 0.187. The van der Waals surface area contributed by atoms with E-state index in [1.807, 2.05) is 19.9 Å². The van der Waals surface area contributed by atoms with Crippen LogP contribution in [-0.2, 0) is 4.79 Å². The molecule has 2 aromatic carbocycles. The highest BCUT2D eigenvalue weighted by molar-refractivity contribution is 6.31. The van der Waals surface area contributed by atoms with Crippen molar-refractivity contribution in [2.24, 2.45) is 5.92 Å². The van der Waals surface area contributed by atoms with Gasteiger partial charge in [-0.05, 0) is 78.6 Å². The summed E-state index contributed by atoms with van der Waals surface area (Å²) in [5.74, 6) is -2.55. The third-order valence-electron chi connectivity index (χ3n) is 5.71. The van der Waals surface area contributed by atoms with Crippen molar-refractivity contribution in [3.05, 3.63) is 68.7 Å². The zero-order valence-electron chi connectivity index (χ0n) is 17.6. The molecule has 2 rings (SSSR count). The van der Waals surface area contributed by atoms with E-state index in [4.69, 9.17) is 11.6 Å². The van der Waals surface area contributed by atoms with Gasteiger partial charge in [0.25, 0.3) is 0 Å². The standard InChI is InChI=1S/C24H29ClO4/c1-6-14(3)19-9-13(2)10-21(25)22(19)20(11-16(5)23(26)27)18-12-17(24(28)29)8-7-15(18)4/h7-10,12,14,16,20H,6,11H2,1-5H3,(H,26,27)(H,28,29). The van der Waals surface area contributed by atoms with Crippen LogP contribution in [0.1, 0.15) is 83.6 Å². The summed E-state index contributed by atoms with van der Waals surface area (Å²) in [5.41, 5.74) is 4.98. The number of aryl methyl sites for hydroxylation is 2. The number of hydrogen-bond acceptors (Lipinski definition) is 2. The number of carboxylic acids is 2. The predicted molar refractivity (Wildman–Crippen MR) is 116 cm³/mol. The van der Waals surface area contributed by atoms with E-state index in [0.717, 1.165) is 34.2 Å². The topological polar surface area (TPSA) is 74.6 Å². The number of carbonyl (C=O) groups is 2. The number of aromatic carboxylic acids is 1. The van der Waals surface area contributed by atoms with E-state index in [0.29, 0.717) is 11.4 Å². The van der Waals surface area contributed by atoms with Crippen molar-refractivity contribution in [3.8, 4) is 0 Å². The minimum Gasteiger partial charge on any atom is -0.481 e. The molecule has 3 atom stereocenters. The van der Waals surface area contributed by atoms with Crippen molar-refractivity contribution in [2.45, 2.75) is 59.3 Å². The molecular formula is C24H29ClO4. The van der Waals surface area contributed by atoms with E-state index in [9.17, 15) is 19.8 Å². The highest BCUT2D eigenvalue weighted by Crippen LogP contribution is 2.42. The Balaban J connectivity index is 2.79. The molecule has 2 aromatic rings. The maximum atomic E-state index is 11.6. The van der Waals surface area contributed by atoms with Gasteiger partial charge in [0.15, 0.2) is 0 Å². The summed E-state index contributed by atoms with van der Waals surface area (Å²) in [6, 6.07) is 9.03. The molecule has 0 aliphatic rings. The van der Waals surface area contributed by atoms with E-state index in [1.54, 1.807) is 25.1 Å². The fraction of sp³-hybridized carbons (Fsp3) is 0.417. The van der Waals surface area contributed by atoms with Crippen molar-refractivity contribution in [1.29, 1.82) is 0 Å². The molecule has 5 heteroatoms. The first-order valence-corrected chi connectivity index (χ1v) is 10.3. The second-order valence-corrected chi connectivity index (χ2v) is 8.37. The largest absolute Gasteiger partial charge is 0.481 e. The minimum atomic E-state index is -1.01. The first-order chi connectivity index (χ1) is 13.6. The summed E-state index contributed by atoms with van der Waals surface area (Å²) in [4.78, 5) is 23.2. The van der Waals surface area contributed by atoms with Gasteiger partial charge >= 0.3 is 11.9 Å². The number of aliphatic carboxylic acids is 1. The van der Waals surface area contributed by atoms with Gasteiger partial charge < -0.3 is 10.2 Å². The summed E-state index contributed by atoms with van der Waals surface area (Å²) in [5, 5.41) is 19.6.